The van der Waals surface area contributed by atoms with Gasteiger partial charge >= 0.3 is 0 Å². The van der Waals surface area contributed by atoms with Gasteiger partial charge in [0.15, 0.2) is 0 Å². The second-order valence-corrected chi connectivity index (χ2v) is 8.27. The number of carbonyl (C=O) groups excluding carboxylic acids is 1. The Morgan fingerprint density at radius 3 is 2.19 bits per heavy atom. The zero-order valence-corrected chi connectivity index (χ0v) is 18.4. The second-order valence-electron chi connectivity index (χ2n) is 8.27. The van der Waals surface area contributed by atoms with Crippen LogP contribution in [-0.4, -0.2) is 51.4 Å². The maximum absolute atomic E-state index is 13.0. The number of para-hydroxylation sites is 2. The highest BCUT2D eigenvalue weighted by Crippen LogP contribution is 2.21. The fraction of sp³-hybridized carbons (Fsp3) is 0.259. The summed E-state index contributed by atoms with van der Waals surface area (Å²) in [4.78, 5) is 22.2. The van der Waals surface area contributed by atoms with E-state index in [1.54, 1.807) is 0 Å². The molecule has 32 heavy (non-hydrogen) atoms. The van der Waals surface area contributed by atoms with Gasteiger partial charge in [-0.05, 0) is 42.3 Å². The average molecular weight is 425 g/mol. The van der Waals surface area contributed by atoms with E-state index in [2.05, 4.69) is 46.7 Å². The van der Waals surface area contributed by atoms with Crippen molar-refractivity contribution in [2.45, 2.75) is 20.0 Å². The molecule has 0 spiro atoms. The largest absolute Gasteiger partial charge is 0.336 e. The Morgan fingerprint density at radius 2 is 1.47 bits per heavy atom. The number of imidazole rings is 1. The van der Waals surface area contributed by atoms with Gasteiger partial charge in [0.25, 0.3) is 5.91 Å². The first-order valence-corrected chi connectivity index (χ1v) is 11.3. The van der Waals surface area contributed by atoms with Crippen molar-refractivity contribution in [3.63, 3.8) is 0 Å². The standard InChI is InChI=1S/C27H28N4O/c1-2-31-25-11-7-6-10-24(25)28-26(31)20-29-16-18-30(19-17-29)27(32)23-14-12-22(13-15-23)21-8-4-3-5-9-21/h3-15H,2,16-20H2,1H3. The van der Waals surface area contributed by atoms with Crippen molar-refractivity contribution in [1.29, 1.82) is 0 Å². The molecule has 0 N–H and O–H groups in total. The molecule has 1 fully saturated rings. The van der Waals surface area contributed by atoms with Gasteiger partial charge in [-0.1, -0.05) is 54.6 Å². The first kappa shape index (κ1) is 20.5. The van der Waals surface area contributed by atoms with Gasteiger partial charge in [-0.2, -0.15) is 0 Å². The van der Waals surface area contributed by atoms with Crippen LogP contribution in [0.15, 0.2) is 78.9 Å². The highest BCUT2D eigenvalue weighted by Gasteiger charge is 2.23. The molecule has 0 unspecified atom stereocenters. The van der Waals surface area contributed by atoms with Crippen molar-refractivity contribution in [1.82, 2.24) is 19.4 Å². The zero-order chi connectivity index (χ0) is 21.9. The van der Waals surface area contributed by atoms with E-state index in [1.165, 1.54) is 11.1 Å². The molecule has 5 heteroatoms. The van der Waals surface area contributed by atoms with Crippen LogP contribution in [-0.2, 0) is 13.1 Å². The molecule has 162 valence electrons. The number of carbonyl (C=O) groups is 1. The van der Waals surface area contributed by atoms with Gasteiger partial charge in [-0.25, -0.2) is 4.98 Å². The van der Waals surface area contributed by atoms with E-state index >= 15 is 0 Å². The minimum Gasteiger partial charge on any atom is -0.336 e. The average Bonchev–Trinajstić information content (AvgIpc) is 3.21. The Kier molecular flexibility index (Phi) is 5.73. The SMILES string of the molecule is CCn1c(CN2CCN(C(=O)c3ccc(-c4ccccc4)cc3)CC2)nc2ccccc21. The summed E-state index contributed by atoms with van der Waals surface area (Å²) in [6, 6.07) is 26.5. The lowest BCUT2D eigenvalue weighted by molar-refractivity contribution is 0.0624. The first-order valence-electron chi connectivity index (χ1n) is 11.3. The van der Waals surface area contributed by atoms with Crippen molar-refractivity contribution in [3.8, 4) is 11.1 Å². The summed E-state index contributed by atoms with van der Waals surface area (Å²) >= 11 is 0. The van der Waals surface area contributed by atoms with E-state index in [0.29, 0.717) is 0 Å². The Bertz CT molecular complexity index is 1210. The molecule has 1 aromatic heterocycles. The maximum Gasteiger partial charge on any atom is 0.253 e. The maximum atomic E-state index is 13.0. The molecule has 0 aliphatic carbocycles. The minimum absolute atomic E-state index is 0.116. The fourth-order valence-corrected chi connectivity index (χ4v) is 4.53. The van der Waals surface area contributed by atoms with Crippen molar-refractivity contribution >= 4 is 16.9 Å². The lowest BCUT2D eigenvalue weighted by Crippen LogP contribution is -2.48. The predicted octanol–water partition coefficient (Wildman–Crippen LogP) is 4.68. The smallest absolute Gasteiger partial charge is 0.253 e. The monoisotopic (exact) mass is 424 g/mol. The van der Waals surface area contributed by atoms with Gasteiger partial charge in [0.05, 0.1) is 17.6 Å². The van der Waals surface area contributed by atoms with Crippen molar-refractivity contribution in [2.24, 2.45) is 0 Å². The molecule has 1 aliphatic rings. The first-order chi connectivity index (χ1) is 15.7. The zero-order valence-electron chi connectivity index (χ0n) is 18.4. The summed E-state index contributed by atoms with van der Waals surface area (Å²) < 4.78 is 2.29. The number of fused-ring (bicyclic) bond motifs is 1. The molecule has 5 nitrogen and oxygen atoms in total. The number of nitrogens with zero attached hydrogens (tertiary/aromatic N) is 4. The molecule has 2 heterocycles. The van der Waals surface area contributed by atoms with Crippen LogP contribution in [0.25, 0.3) is 22.2 Å². The van der Waals surface area contributed by atoms with Crippen LogP contribution in [0.1, 0.15) is 23.1 Å². The minimum atomic E-state index is 0.116. The van der Waals surface area contributed by atoms with Crippen molar-refractivity contribution in [2.75, 3.05) is 26.2 Å². The third kappa shape index (κ3) is 4.04. The van der Waals surface area contributed by atoms with E-state index in [1.807, 2.05) is 53.4 Å². The van der Waals surface area contributed by atoms with Gasteiger partial charge in [0, 0.05) is 38.3 Å². The molecular weight excluding hydrogens is 396 g/mol. The number of aryl methyl sites for hydroxylation is 1. The van der Waals surface area contributed by atoms with Crippen LogP contribution in [0.3, 0.4) is 0 Å². The summed E-state index contributed by atoms with van der Waals surface area (Å²) in [6.07, 6.45) is 0. The Hall–Kier alpha value is -3.44. The van der Waals surface area contributed by atoms with Gasteiger partial charge in [-0.3, -0.25) is 9.69 Å². The molecule has 0 saturated carbocycles. The number of hydrogen-bond donors (Lipinski definition) is 0. The third-order valence-electron chi connectivity index (χ3n) is 6.31. The second kappa shape index (κ2) is 8.97. The number of aromatic nitrogens is 2. The Morgan fingerprint density at radius 1 is 0.812 bits per heavy atom. The number of benzene rings is 3. The number of hydrogen-bond acceptors (Lipinski definition) is 3. The van der Waals surface area contributed by atoms with Crippen LogP contribution in [0, 0.1) is 0 Å². The van der Waals surface area contributed by atoms with E-state index in [4.69, 9.17) is 4.98 Å². The molecule has 4 aromatic rings. The number of amides is 1. The summed E-state index contributed by atoms with van der Waals surface area (Å²) in [6.45, 7) is 7.10. The van der Waals surface area contributed by atoms with E-state index < -0.39 is 0 Å². The van der Waals surface area contributed by atoms with Crippen molar-refractivity contribution in [3.05, 3.63) is 90.3 Å². The summed E-state index contributed by atoms with van der Waals surface area (Å²) in [5.41, 5.74) is 5.30. The fourth-order valence-electron chi connectivity index (χ4n) is 4.53. The summed E-state index contributed by atoms with van der Waals surface area (Å²) in [7, 11) is 0. The van der Waals surface area contributed by atoms with Crippen molar-refractivity contribution < 1.29 is 4.79 Å². The number of rotatable bonds is 5. The van der Waals surface area contributed by atoms with E-state index in [9.17, 15) is 4.79 Å². The normalized spacial score (nSPS) is 14.7. The Balaban J connectivity index is 1.22. The van der Waals surface area contributed by atoms with Crippen LogP contribution in [0.5, 0.6) is 0 Å². The van der Waals surface area contributed by atoms with Gasteiger partial charge < -0.3 is 9.47 Å². The summed E-state index contributed by atoms with van der Waals surface area (Å²) in [5.74, 6) is 1.22. The lowest BCUT2D eigenvalue weighted by atomic mass is 10.0. The summed E-state index contributed by atoms with van der Waals surface area (Å²) in [5, 5.41) is 0. The van der Waals surface area contributed by atoms with Gasteiger partial charge in [0.2, 0.25) is 0 Å². The van der Waals surface area contributed by atoms with Gasteiger partial charge in [-0.15, -0.1) is 0 Å². The molecule has 5 rings (SSSR count). The molecule has 0 bridgehead atoms. The van der Waals surface area contributed by atoms with E-state index in [0.717, 1.165) is 61.7 Å². The molecule has 1 amide bonds. The molecule has 1 saturated heterocycles. The third-order valence-corrected chi connectivity index (χ3v) is 6.31. The van der Waals surface area contributed by atoms with E-state index in [-0.39, 0.29) is 5.91 Å². The van der Waals surface area contributed by atoms with Crippen LogP contribution >= 0.6 is 0 Å². The topological polar surface area (TPSA) is 41.4 Å². The van der Waals surface area contributed by atoms with Crippen LogP contribution in [0.2, 0.25) is 0 Å². The molecule has 1 aliphatic heterocycles. The van der Waals surface area contributed by atoms with Crippen LogP contribution < -0.4 is 0 Å². The molecule has 0 radical (unpaired) electrons. The predicted molar refractivity (Wildman–Crippen MR) is 128 cm³/mol. The highest BCUT2D eigenvalue weighted by molar-refractivity contribution is 5.94. The lowest BCUT2D eigenvalue weighted by Gasteiger charge is -2.34. The van der Waals surface area contributed by atoms with Crippen LogP contribution in [0.4, 0.5) is 0 Å². The number of piperazine rings is 1. The molecule has 3 aromatic carbocycles. The van der Waals surface area contributed by atoms with Gasteiger partial charge in [0.1, 0.15) is 5.82 Å². The quantitative estimate of drug-likeness (QED) is 0.467. The highest BCUT2D eigenvalue weighted by atomic mass is 16.2. The Labute approximate surface area is 188 Å². The molecule has 0 atom stereocenters. The molecular formula is C27H28N4O.